The minimum absolute atomic E-state index is 0.259. The van der Waals surface area contributed by atoms with E-state index in [4.69, 9.17) is 14.5 Å². The number of amides is 1. The molecule has 4 aromatic rings. The van der Waals surface area contributed by atoms with Crippen molar-refractivity contribution >= 4 is 28.5 Å². The minimum Gasteiger partial charge on any atom is -0.445 e. The molecular weight excluding hydrogens is 400 g/mol. The number of nitrogens with zero attached hydrogens (tertiary/aromatic N) is 3. The van der Waals surface area contributed by atoms with Crippen molar-refractivity contribution in [2.75, 3.05) is 19.7 Å². The lowest BCUT2D eigenvalue weighted by molar-refractivity contribution is -0.0296. The van der Waals surface area contributed by atoms with Gasteiger partial charge in [0.05, 0.1) is 18.8 Å². The minimum atomic E-state index is -0.327. The first-order valence-corrected chi connectivity index (χ1v) is 10.6. The number of pyridine rings is 1. The average Bonchev–Trinajstić information content (AvgIpc) is 3.45. The second kappa shape index (κ2) is 8.25. The number of aromatic nitrogens is 3. The Morgan fingerprint density at radius 2 is 2.17 bits per heavy atom. The van der Waals surface area contributed by atoms with Crippen molar-refractivity contribution in [1.29, 1.82) is 0 Å². The summed E-state index contributed by atoms with van der Waals surface area (Å²) in [5.74, 6) is 0. The van der Waals surface area contributed by atoms with Gasteiger partial charge in [0.25, 0.3) is 0 Å². The van der Waals surface area contributed by atoms with Gasteiger partial charge in [0, 0.05) is 35.3 Å². The van der Waals surface area contributed by atoms with Crippen LogP contribution in [0.25, 0.3) is 22.3 Å². The fourth-order valence-corrected chi connectivity index (χ4v) is 4.36. The number of thiazole rings is 1. The molecule has 1 amide bonds. The smallest absolute Gasteiger partial charge is 0.410 e. The Labute approximate surface area is 177 Å². The molecule has 3 aromatic heterocycles. The molecule has 0 bridgehead atoms. The number of benzene rings is 1. The molecule has 8 heteroatoms. The second-order valence-corrected chi connectivity index (χ2v) is 7.91. The highest BCUT2D eigenvalue weighted by atomic mass is 32.1. The van der Waals surface area contributed by atoms with Crippen LogP contribution in [0.15, 0.2) is 60.2 Å². The Kier molecular flexibility index (Phi) is 5.17. The van der Waals surface area contributed by atoms with Gasteiger partial charge in [-0.3, -0.25) is 0 Å². The molecule has 5 rings (SSSR count). The molecule has 1 saturated heterocycles. The number of nitrogens with one attached hydrogen (secondary N) is 1. The molecule has 0 radical (unpaired) electrons. The highest BCUT2D eigenvalue weighted by Crippen LogP contribution is 2.32. The van der Waals surface area contributed by atoms with Gasteiger partial charge >= 0.3 is 6.09 Å². The molecule has 0 saturated carbocycles. The molecular formula is C22H20N4O3S. The molecule has 1 atom stereocenters. The molecule has 4 heterocycles. The number of aromatic amines is 1. The van der Waals surface area contributed by atoms with E-state index in [0.29, 0.717) is 19.7 Å². The number of ether oxygens (including phenoxy) is 2. The van der Waals surface area contributed by atoms with E-state index in [9.17, 15) is 4.79 Å². The highest BCUT2D eigenvalue weighted by Gasteiger charge is 2.28. The van der Waals surface area contributed by atoms with E-state index in [1.54, 1.807) is 11.1 Å². The van der Waals surface area contributed by atoms with Crippen molar-refractivity contribution in [2.45, 2.75) is 12.7 Å². The topological polar surface area (TPSA) is 80.3 Å². The van der Waals surface area contributed by atoms with Gasteiger partial charge in [-0.05, 0) is 17.7 Å². The molecule has 1 aliphatic rings. The molecule has 1 N–H and O–H groups in total. The zero-order chi connectivity index (χ0) is 20.3. The SMILES string of the molecule is O=C(OCc1ccccc1)N1CCO[C@H](c2nc(-c3c[nH]c4ncccc34)cs2)C1. The fourth-order valence-electron chi connectivity index (χ4n) is 3.50. The third-order valence-corrected chi connectivity index (χ3v) is 5.99. The fraction of sp³-hybridized carbons (Fsp3) is 0.227. The monoisotopic (exact) mass is 420 g/mol. The summed E-state index contributed by atoms with van der Waals surface area (Å²) >= 11 is 1.54. The maximum atomic E-state index is 12.5. The third kappa shape index (κ3) is 3.79. The van der Waals surface area contributed by atoms with E-state index in [0.717, 1.165) is 32.9 Å². The van der Waals surface area contributed by atoms with Crippen molar-refractivity contribution in [3.63, 3.8) is 0 Å². The molecule has 1 aliphatic heterocycles. The lowest BCUT2D eigenvalue weighted by Gasteiger charge is -2.31. The number of hydrogen-bond donors (Lipinski definition) is 1. The Morgan fingerprint density at radius 3 is 3.07 bits per heavy atom. The zero-order valence-corrected chi connectivity index (χ0v) is 17.0. The Hall–Kier alpha value is -3.23. The van der Waals surface area contributed by atoms with Gasteiger partial charge in [0.2, 0.25) is 0 Å². The first-order chi connectivity index (χ1) is 14.8. The van der Waals surface area contributed by atoms with Gasteiger partial charge in [-0.25, -0.2) is 14.8 Å². The quantitative estimate of drug-likeness (QED) is 0.529. The summed E-state index contributed by atoms with van der Waals surface area (Å²) in [6.45, 7) is 1.65. The van der Waals surface area contributed by atoms with Gasteiger partial charge in [-0.2, -0.15) is 0 Å². The van der Waals surface area contributed by atoms with E-state index in [1.807, 2.05) is 54.0 Å². The predicted molar refractivity (Wildman–Crippen MR) is 114 cm³/mol. The summed E-state index contributed by atoms with van der Waals surface area (Å²) in [7, 11) is 0. The molecule has 0 spiro atoms. The van der Waals surface area contributed by atoms with Crippen molar-refractivity contribution in [1.82, 2.24) is 19.9 Å². The normalized spacial score (nSPS) is 16.7. The van der Waals surface area contributed by atoms with Crippen LogP contribution in [0.1, 0.15) is 16.7 Å². The summed E-state index contributed by atoms with van der Waals surface area (Å²) in [5, 5.41) is 3.90. The molecule has 7 nitrogen and oxygen atoms in total. The average molecular weight is 420 g/mol. The van der Waals surface area contributed by atoms with E-state index in [2.05, 4.69) is 9.97 Å². The standard InChI is InChI=1S/C22H20N4O3S/c27-22(29-13-15-5-2-1-3-6-15)26-9-10-28-19(12-26)21-25-18(14-30-21)17-11-24-20-16(17)7-4-8-23-20/h1-8,11,14,19H,9-10,12-13H2,(H,23,24)/t19-/m0/s1. The lowest BCUT2D eigenvalue weighted by atomic mass is 10.2. The highest BCUT2D eigenvalue weighted by molar-refractivity contribution is 7.10. The molecule has 1 aromatic carbocycles. The van der Waals surface area contributed by atoms with E-state index in [1.165, 1.54) is 11.3 Å². The van der Waals surface area contributed by atoms with E-state index in [-0.39, 0.29) is 18.8 Å². The molecule has 30 heavy (non-hydrogen) atoms. The van der Waals surface area contributed by atoms with Crippen LogP contribution in [0.4, 0.5) is 4.79 Å². The summed E-state index contributed by atoms with van der Waals surface area (Å²) in [5.41, 5.74) is 3.69. The number of carbonyl (C=O) groups is 1. The van der Waals surface area contributed by atoms with Gasteiger partial charge in [0.15, 0.2) is 0 Å². The van der Waals surface area contributed by atoms with Crippen LogP contribution in [0.5, 0.6) is 0 Å². The number of morpholine rings is 1. The van der Waals surface area contributed by atoms with Gasteiger partial charge < -0.3 is 19.4 Å². The molecule has 0 aliphatic carbocycles. The van der Waals surface area contributed by atoms with Crippen LogP contribution in [-0.2, 0) is 16.1 Å². The van der Waals surface area contributed by atoms with Gasteiger partial charge in [-0.1, -0.05) is 30.3 Å². The molecule has 0 unspecified atom stereocenters. The molecule has 1 fully saturated rings. The maximum absolute atomic E-state index is 12.5. The first kappa shape index (κ1) is 18.8. The van der Waals surface area contributed by atoms with Gasteiger partial charge in [-0.15, -0.1) is 11.3 Å². The number of rotatable bonds is 4. The van der Waals surface area contributed by atoms with Crippen molar-refractivity contribution in [2.24, 2.45) is 0 Å². The van der Waals surface area contributed by atoms with Crippen molar-refractivity contribution in [3.8, 4) is 11.3 Å². The maximum Gasteiger partial charge on any atom is 0.410 e. The number of H-pyrrole nitrogens is 1. The predicted octanol–water partition coefficient (Wildman–Crippen LogP) is 4.40. The Morgan fingerprint density at radius 1 is 1.27 bits per heavy atom. The van der Waals surface area contributed by atoms with Crippen LogP contribution in [0, 0.1) is 0 Å². The van der Waals surface area contributed by atoms with Crippen LogP contribution >= 0.6 is 11.3 Å². The third-order valence-electron chi connectivity index (χ3n) is 5.05. The number of hydrogen-bond acceptors (Lipinski definition) is 6. The summed E-state index contributed by atoms with van der Waals surface area (Å²) < 4.78 is 11.4. The largest absolute Gasteiger partial charge is 0.445 e. The van der Waals surface area contributed by atoms with Gasteiger partial charge in [0.1, 0.15) is 23.4 Å². The molecule has 152 valence electrons. The van der Waals surface area contributed by atoms with E-state index < -0.39 is 0 Å². The number of carbonyl (C=O) groups excluding carboxylic acids is 1. The first-order valence-electron chi connectivity index (χ1n) is 9.73. The van der Waals surface area contributed by atoms with Crippen LogP contribution < -0.4 is 0 Å². The van der Waals surface area contributed by atoms with Crippen molar-refractivity contribution in [3.05, 3.63) is 70.8 Å². The zero-order valence-electron chi connectivity index (χ0n) is 16.2. The van der Waals surface area contributed by atoms with Crippen LogP contribution in [0.2, 0.25) is 0 Å². The van der Waals surface area contributed by atoms with E-state index >= 15 is 0 Å². The second-order valence-electron chi connectivity index (χ2n) is 7.02. The lowest BCUT2D eigenvalue weighted by Crippen LogP contribution is -2.42. The Balaban J connectivity index is 1.27. The van der Waals surface area contributed by atoms with Crippen LogP contribution in [-0.4, -0.2) is 45.6 Å². The van der Waals surface area contributed by atoms with Crippen molar-refractivity contribution < 1.29 is 14.3 Å². The Bertz CT molecular complexity index is 1160. The summed E-state index contributed by atoms with van der Waals surface area (Å²) in [6.07, 6.45) is 3.10. The van der Waals surface area contributed by atoms with Crippen LogP contribution in [0.3, 0.4) is 0 Å². The number of fused-ring (bicyclic) bond motifs is 1. The summed E-state index contributed by atoms with van der Waals surface area (Å²) in [6, 6.07) is 13.6. The summed E-state index contributed by atoms with van der Waals surface area (Å²) in [4.78, 5) is 26.5.